The van der Waals surface area contributed by atoms with Crippen LogP contribution in [0.4, 0.5) is 0 Å². The number of carbonyl (C=O) groups is 1. The highest BCUT2D eigenvalue weighted by molar-refractivity contribution is 7.85. The molecule has 2 fully saturated rings. The third-order valence-electron chi connectivity index (χ3n) is 4.33. The van der Waals surface area contributed by atoms with Gasteiger partial charge < -0.3 is 10.0 Å². The molecule has 0 saturated heterocycles. The monoisotopic (exact) mass is 307 g/mol. The zero-order valence-electron chi connectivity index (χ0n) is 12.2. The fourth-order valence-electron chi connectivity index (χ4n) is 2.79. The van der Waals surface area contributed by atoms with Crippen molar-refractivity contribution in [2.75, 3.05) is 5.75 Å². The van der Waals surface area contributed by atoms with Gasteiger partial charge in [0.2, 0.25) is 5.91 Å². The first-order chi connectivity index (χ1) is 10.1. The van der Waals surface area contributed by atoms with Gasteiger partial charge in [-0.1, -0.05) is 0 Å². The van der Waals surface area contributed by atoms with E-state index in [0.717, 1.165) is 12.8 Å². The van der Waals surface area contributed by atoms with Crippen molar-refractivity contribution < 1.29 is 14.1 Å². The molecule has 114 valence electrons. The summed E-state index contributed by atoms with van der Waals surface area (Å²) >= 11 is 0. The van der Waals surface area contributed by atoms with E-state index < -0.39 is 10.8 Å². The lowest BCUT2D eigenvalue weighted by Crippen LogP contribution is -2.43. The van der Waals surface area contributed by atoms with Gasteiger partial charge in [0.15, 0.2) is 0 Å². The van der Waals surface area contributed by atoms with Crippen LogP contribution in [-0.2, 0) is 15.6 Å². The van der Waals surface area contributed by atoms with Crippen LogP contribution in [0, 0.1) is 5.92 Å². The topological polar surface area (TPSA) is 57.6 Å². The van der Waals surface area contributed by atoms with Crippen molar-refractivity contribution in [2.24, 2.45) is 5.92 Å². The first kappa shape index (κ1) is 14.6. The first-order valence-electron chi connectivity index (χ1n) is 7.55. The SMILES string of the molecule is C[C@H](C1CC1)N(C(=O)C[S@@](=O)c1ccc(O)cc1)C1CC1. The van der Waals surface area contributed by atoms with Gasteiger partial charge in [0, 0.05) is 17.0 Å². The summed E-state index contributed by atoms with van der Waals surface area (Å²) in [6.07, 6.45) is 4.57. The maximum absolute atomic E-state index is 12.5. The summed E-state index contributed by atoms with van der Waals surface area (Å²) < 4.78 is 12.3. The van der Waals surface area contributed by atoms with Gasteiger partial charge in [-0.15, -0.1) is 0 Å². The largest absolute Gasteiger partial charge is 0.508 e. The minimum absolute atomic E-state index is 0.00306. The minimum atomic E-state index is -1.34. The second kappa shape index (κ2) is 5.79. The van der Waals surface area contributed by atoms with E-state index in [2.05, 4.69) is 6.92 Å². The molecule has 1 aromatic carbocycles. The van der Waals surface area contributed by atoms with Gasteiger partial charge in [-0.05, 0) is 62.8 Å². The molecule has 3 rings (SSSR count). The molecule has 0 bridgehead atoms. The highest BCUT2D eigenvalue weighted by Crippen LogP contribution is 2.39. The van der Waals surface area contributed by atoms with Crippen LogP contribution in [-0.4, -0.2) is 38.0 Å². The maximum Gasteiger partial charge on any atom is 0.236 e. The Labute approximate surface area is 127 Å². The quantitative estimate of drug-likeness (QED) is 0.877. The van der Waals surface area contributed by atoms with Crippen LogP contribution >= 0.6 is 0 Å². The van der Waals surface area contributed by atoms with Gasteiger partial charge in [0.1, 0.15) is 11.5 Å². The van der Waals surface area contributed by atoms with Crippen LogP contribution in [0.25, 0.3) is 0 Å². The highest BCUT2D eigenvalue weighted by Gasteiger charge is 2.41. The summed E-state index contributed by atoms with van der Waals surface area (Å²) in [4.78, 5) is 15.1. The minimum Gasteiger partial charge on any atom is -0.508 e. The third kappa shape index (κ3) is 3.46. The molecule has 1 N–H and O–H groups in total. The van der Waals surface area contributed by atoms with E-state index in [-0.39, 0.29) is 23.5 Å². The van der Waals surface area contributed by atoms with Crippen molar-refractivity contribution in [3.05, 3.63) is 24.3 Å². The number of nitrogens with zero attached hydrogens (tertiary/aromatic N) is 1. The summed E-state index contributed by atoms with van der Waals surface area (Å²) in [6.45, 7) is 2.12. The van der Waals surface area contributed by atoms with E-state index in [1.54, 1.807) is 12.1 Å². The van der Waals surface area contributed by atoms with Gasteiger partial charge in [-0.3, -0.25) is 9.00 Å². The van der Waals surface area contributed by atoms with Crippen molar-refractivity contribution >= 4 is 16.7 Å². The zero-order valence-corrected chi connectivity index (χ0v) is 13.0. The van der Waals surface area contributed by atoms with Gasteiger partial charge >= 0.3 is 0 Å². The Bertz CT molecular complexity index is 549. The fraction of sp³-hybridized carbons (Fsp3) is 0.562. The van der Waals surface area contributed by atoms with Crippen LogP contribution < -0.4 is 0 Å². The second-order valence-corrected chi connectivity index (χ2v) is 7.55. The van der Waals surface area contributed by atoms with Gasteiger partial charge in [0.05, 0.1) is 10.8 Å². The van der Waals surface area contributed by atoms with Gasteiger partial charge in [-0.2, -0.15) is 0 Å². The molecule has 2 aliphatic rings. The molecule has 4 nitrogen and oxygen atoms in total. The van der Waals surface area contributed by atoms with Crippen molar-refractivity contribution in [3.63, 3.8) is 0 Å². The Morgan fingerprint density at radius 3 is 2.43 bits per heavy atom. The lowest BCUT2D eigenvalue weighted by Gasteiger charge is -2.29. The molecule has 5 heteroatoms. The molecule has 0 radical (unpaired) electrons. The molecule has 21 heavy (non-hydrogen) atoms. The number of phenolic OH excluding ortho intramolecular Hbond substituents is 1. The summed E-state index contributed by atoms with van der Waals surface area (Å²) in [7, 11) is -1.34. The van der Waals surface area contributed by atoms with Crippen molar-refractivity contribution in [1.29, 1.82) is 0 Å². The number of rotatable bonds is 6. The Morgan fingerprint density at radius 2 is 1.90 bits per heavy atom. The summed E-state index contributed by atoms with van der Waals surface area (Å²) in [5, 5.41) is 9.26. The molecule has 2 aliphatic carbocycles. The van der Waals surface area contributed by atoms with Crippen molar-refractivity contribution in [3.8, 4) is 5.75 Å². The van der Waals surface area contributed by atoms with Crippen LogP contribution in [0.5, 0.6) is 5.75 Å². The Balaban J connectivity index is 1.66. The van der Waals surface area contributed by atoms with Crippen LogP contribution in [0.15, 0.2) is 29.2 Å². The standard InChI is InChI=1S/C16H21NO3S/c1-11(12-2-3-12)17(13-4-5-13)16(19)10-21(20)15-8-6-14(18)7-9-15/h6-9,11-13,18H,2-5,10H2,1H3/t11-,21-/m1/s1. The van der Waals surface area contributed by atoms with Gasteiger partial charge in [0.25, 0.3) is 0 Å². The molecule has 2 saturated carbocycles. The van der Waals surface area contributed by atoms with E-state index in [9.17, 15) is 14.1 Å². The van der Waals surface area contributed by atoms with E-state index in [1.807, 2.05) is 4.90 Å². The van der Waals surface area contributed by atoms with E-state index in [1.165, 1.54) is 25.0 Å². The molecule has 0 aliphatic heterocycles. The molecule has 1 aromatic rings. The molecule has 0 spiro atoms. The fourth-order valence-corrected chi connectivity index (χ4v) is 3.77. The smallest absolute Gasteiger partial charge is 0.236 e. The number of phenols is 1. The van der Waals surface area contributed by atoms with Crippen molar-refractivity contribution in [1.82, 2.24) is 4.90 Å². The van der Waals surface area contributed by atoms with E-state index in [0.29, 0.717) is 16.9 Å². The first-order valence-corrected chi connectivity index (χ1v) is 8.86. The predicted octanol–water partition coefficient (Wildman–Crippen LogP) is 2.29. The molecule has 1 amide bonds. The second-order valence-electron chi connectivity index (χ2n) is 6.09. The Hall–Kier alpha value is -1.36. The number of hydrogen-bond donors (Lipinski definition) is 1. The summed E-state index contributed by atoms with van der Waals surface area (Å²) in [6, 6.07) is 6.88. The normalized spacial score (nSPS) is 20.8. The summed E-state index contributed by atoms with van der Waals surface area (Å²) in [5.74, 6) is 0.822. The number of amides is 1. The van der Waals surface area contributed by atoms with E-state index in [4.69, 9.17) is 0 Å². The number of carbonyl (C=O) groups excluding carboxylic acids is 1. The van der Waals surface area contributed by atoms with Crippen molar-refractivity contribution in [2.45, 2.75) is 49.6 Å². The average molecular weight is 307 g/mol. The number of hydrogen-bond acceptors (Lipinski definition) is 3. The molecule has 0 unspecified atom stereocenters. The number of benzene rings is 1. The van der Waals surface area contributed by atoms with Crippen LogP contribution in [0.2, 0.25) is 0 Å². The average Bonchev–Trinajstić information content (AvgIpc) is 3.32. The molecular formula is C16H21NO3S. The molecule has 2 atom stereocenters. The lowest BCUT2D eigenvalue weighted by atomic mass is 10.2. The Morgan fingerprint density at radius 1 is 1.29 bits per heavy atom. The zero-order chi connectivity index (χ0) is 15.0. The molecule has 0 aromatic heterocycles. The van der Waals surface area contributed by atoms with Gasteiger partial charge in [-0.25, -0.2) is 0 Å². The Kier molecular flexibility index (Phi) is 4.02. The molecule has 0 heterocycles. The third-order valence-corrected chi connectivity index (χ3v) is 5.63. The molecular weight excluding hydrogens is 286 g/mol. The highest BCUT2D eigenvalue weighted by atomic mass is 32.2. The number of aromatic hydroxyl groups is 1. The maximum atomic E-state index is 12.5. The summed E-state index contributed by atoms with van der Waals surface area (Å²) in [5.41, 5.74) is 0. The van der Waals surface area contributed by atoms with Crippen LogP contribution in [0.3, 0.4) is 0 Å². The predicted molar refractivity (Wildman–Crippen MR) is 81.4 cm³/mol. The van der Waals surface area contributed by atoms with Crippen LogP contribution in [0.1, 0.15) is 32.6 Å². The van der Waals surface area contributed by atoms with E-state index >= 15 is 0 Å². The lowest BCUT2D eigenvalue weighted by molar-refractivity contribution is -0.131.